The minimum Gasteiger partial charge on any atom is -0.480 e. The number of nitrogens with zero attached hydrogens (tertiary/aromatic N) is 1. The zero-order chi connectivity index (χ0) is 11.6. The zero-order valence-electron chi connectivity index (χ0n) is 9.18. The van der Waals surface area contributed by atoms with Gasteiger partial charge in [-0.25, -0.2) is 0 Å². The van der Waals surface area contributed by atoms with E-state index in [0.717, 1.165) is 0 Å². The van der Waals surface area contributed by atoms with E-state index in [2.05, 4.69) is 0 Å². The lowest BCUT2D eigenvalue weighted by molar-refractivity contribution is -0.142. The third-order valence-corrected chi connectivity index (χ3v) is 2.68. The predicted octanol–water partition coefficient (Wildman–Crippen LogP) is -0.333. The second-order valence-electron chi connectivity index (χ2n) is 4.80. The lowest BCUT2D eigenvalue weighted by Gasteiger charge is -2.25. The maximum absolute atomic E-state index is 10.9. The maximum Gasteiger partial charge on any atom is 0.321 e. The van der Waals surface area contributed by atoms with E-state index in [9.17, 15) is 15.0 Å². The standard InChI is InChI=1S/C10H19NO4/c1-10(2,15)3-4-11-6-7(12)5-8(11)9(13)14/h7-8,12,15H,3-6H2,1-2H3,(H,13,14). The van der Waals surface area contributed by atoms with E-state index >= 15 is 0 Å². The number of carboxylic acids is 1. The Balaban J connectivity index is 2.49. The number of carboxylic acid groups (broad SMARTS) is 1. The smallest absolute Gasteiger partial charge is 0.321 e. The van der Waals surface area contributed by atoms with Gasteiger partial charge in [0.25, 0.3) is 0 Å². The van der Waals surface area contributed by atoms with Crippen LogP contribution in [0.3, 0.4) is 0 Å². The number of likely N-dealkylation sites (tertiary alicyclic amines) is 1. The Morgan fingerprint density at radius 1 is 1.53 bits per heavy atom. The molecule has 0 aliphatic carbocycles. The molecule has 0 bridgehead atoms. The highest BCUT2D eigenvalue weighted by Gasteiger charge is 2.36. The molecule has 1 saturated heterocycles. The normalized spacial score (nSPS) is 28.3. The molecule has 0 aromatic carbocycles. The molecule has 0 aromatic heterocycles. The second-order valence-corrected chi connectivity index (χ2v) is 4.80. The Labute approximate surface area is 89.3 Å². The third kappa shape index (κ3) is 3.77. The number of rotatable bonds is 4. The molecule has 15 heavy (non-hydrogen) atoms. The summed E-state index contributed by atoms with van der Waals surface area (Å²) in [6.07, 6.45) is 0.220. The Morgan fingerprint density at radius 3 is 2.60 bits per heavy atom. The summed E-state index contributed by atoms with van der Waals surface area (Å²) in [5.74, 6) is -0.901. The number of aliphatic carboxylic acids is 1. The Kier molecular flexibility index (Phi) is 3.70. The monoisotopic (exact) mass is 217 g/mol. The topological polar surface area (TPSA) is 81.0 Å². The van der Waals surface area contributed by atoms with Gasteiger partial charge in [0.1, 0.15) is 6.04 Å². The molecule has 0 radical (unpaired) electrons. The van der Waals surface area contributed by atoms with E-state index in [4.69, 9.17) is 5.11 Å². The minimum absolute atomic E-state index is 0.279. The Hall–Kier alpha value is -0.650. The van der Waals surface area contributed by atoms with Crippen LogP contribution >= 0.6 is 0 Å². The molecule has 0 spiro atoms. The molecule has 0 amide bonds. The van der Waals surface area contributed by atoms with Crippen molar-refractivity contribution in [2.24, 2.45) is 0 Å². The number of β-amino-alcohol motifs (C(OH)–C–C–N with tert-alkyl or cyclic N) is 1. The molecule has 2 atom stereocenters. The molecule has 1 fully saturated rings. The van der Waals surface area contributed by atoms with Crippen molar-refractivity contribution in [2.75, 3.05) is 13.1 Å². The molecule has 1 aliphatic heterocycles. The maximum atomic E-state index is 10.9. The number of carbonyl (C=O) groups is 1. The quantitative estimate of drug-likeness (QED) is 0.600. The van der Waals surface area contributed by atoms with Crippen molar-refractivity contribution in [3.05, 3.63) is 0 Å². The van der Waals surface area contributed by atoms with Crippen molar-refractivity contribution in [3.63, 3.8) is 0 Å². The number of hydrogen-bond acceptors (Lipinski definition) is 4. The van der Waals surface area contributed by atoms with E-state index in [1.54, 1.807) is 18.7 Å². The van der Waals surface area contributed by atoms with Gasteiger partial charge in [0.05, 0.1) is 11.7 Å². The van der Waals surface area contributed by atoms with Crippen molar-refractivity contribution >= 4 is 5.97 Å². The van der Waals surface area contributed by atoms with Crippen LogP contribution in [-0.4, -0.2) is 57.0 Å². The Morgan fingerprint density at radius 2 is 2.13 bits per heavy atom. The molecule has 3 N–H and O–H groups in total. The van der Waals surface area contributed by atoms with E-state index in [1.165, 1.54) is 0 Å². The summed E-state index contributed by atoms with van der Waals surface area (Å²) in [5.41, 5.74) is -0.795. The SMILES string of the molecule is CC(C)(O)CCN1CC(O)CC1C(=O)O. The fourth-order valence-electron chi connectivity index (χ4n) is 1.80. The first-order valence-electron chi connectivity index (χ1n) is 5.17. The van der Waals surface area contributed by atoms with E-state index in [-0.39, 0.29) is 6.42 Å². The fraction of sp³-hybridized carbons (Fsp3) is 0.900. The molecular weight excluding hydrogens is 198 g/mol. The van der Waals surface area contributed by atoms with Crippen molar-refractivity contribution in [3.8, 4) is 0 Å². The van der Waals surface area contributed by atoms with Crippen LogP contribution in [0.25, 0.3) is 0 Å². The summed E-state index contributed by atoms with van der Waals surface area (Å²) in [5, 5.41) is 27.8. The average molecular weight is 217 g/mol. The minimum atomic E-state index is -0.901. The predicted molar refractivity (Wildman–Crippen MR) is 54.5 cm³/mol. The van der Waals surface area contributed by atoms with Gasteiger partial charge in [-0.05, 0) is 20.3 Å². The van der Waals surface area contributed by atoms with Crippen LogP contribution in [0.4, 0.5) is 0 Å². The van der Waals surface area contributed by atoms with Gasteiger partial charge in [-0.15, -0.1) is 0 Å². The van der Waals surface area contributed by atoms with Gasteiger partial charge in [0.2, 0.25) is 0 Å². The number of aliphatic hydroxyl groups is 2. The van der Waals surface area contributed by atoms with Crippen LogP contribution in [0.1, 0.15) is 26.7 Å². The third-order valence-electron chi connectivity index (χ3n) is 2.68. The summed E-state index contributed by atoms with van der Waals surface area (Å²) < 4.78 is 0. The van der Waals surface area contributed by atoms with Crippen LogP contribution < -0.4 is 0 Å². The molecular formula is C10H19NO4. The van der Waals surface area contributed by atoms with Gasteiger partial charge in [-0.3, -0.25) is 9.69 Å². The molecule has 1 rings (SSSR count). The largest absolute Gasteiger partial charge is 0.480 e. The molecule has 88 valence electrons. The molecule has 5 nitrogen and oxygen atoms in total. The first-order valence-corrected chi connectivity index (χ1v) is 5.17. The van der Waals surface area contributed by atoms with Gasteiger partial charge >= 0.3 is 5.97 Å². The summed E-state index contributed by atoms with van der Waals surface area (Å²) in [4.78, 5) is 12.6. The highest BCUT2D eigenvalue weighted by atomic mass is 16.4. The van der Waals surface area contributed by atoms with Gasteiger partial charge < -0.3 is 15.3 Å². The highest BCUT2D eigenvalue weighted by molar-refractivity contribution is 5.74. The van der Waals surface area contributed by atoms with Gasteiger partial charge in [-0.1, -0.05) is 0 Å². The van der Waals surface area contributed by atoms with Crippen molar-refractivity contribution in [1.29, 1.82) is 0 Å². The summed E-state index contributed by atoms with van der Waals surface area (Å²) >= 11 is 0. The van der Waals surface area contributed by atoms with Crippen LogP contribution in [0.15, 0.2) is 0 Å². The average Bonchev–Trinajstić information content (AvgIpc) is 2.42. The molecule has 0 saturated carbocycles. The lowest BCUT2D eigenvalue weighted by atomic mass is 10.1. The van der Waals surface area contributed by atoms with E-state index < -0.39 is 23.7 Å². The van der Waals surface area contributed by atoms with Crippen LogP contribution in [-0.2, 0) is 4.79 Å². The second kappa shape index (κ2) is 4.47. The molecule has 5 heteroatoms. The van der Waals surface area contributed by atoms with Crippen LogP contribution in [0, 0.1) is 0 Å². The van der Waals surface area contributed by atoms with Gasteiger partial charge in [-0.2, -0.15) is 0 Å². The molecule has 0 aromatic rings. The van der Waals surface area contributed by atoms with Crippen molar-refractivity contribution in [2.45, 2.75) is 44.4 Å². The van der Waals surface area contributed by atoms with Gasteiger partial charge in [0, 0.05) is 19.5 Å². The van der Waals surface area contributed by atoms with Crippen LogP contribution in [0.2, 0.25) is 0 Å². The number of hydrogen-bond donors (Lipinski definition) is 3. The van der Waals surface area contributed by atoms with Crippen molar-refractivity contribution in [1.82, 2.24) is 4.90 Å². The van der Waals surface area contributed by atoms with Crippen molar-refractivity contribution < 1.29 is 20.1 Å². The lowest BCUT2D eigenvalue weighted by Crippen LogP contribution is -2.39. The summed E-state index contributed by atoms with van der Waals surface area (Å²) in [7, 11) is 0. The molecule has 1 heterocycles. The van der Waals surface area contributed by atoms with Crippen LogP contribution in [0.5, 0.6) is 0 Å². The molecule has 2 unspecified atom stereocenters. The van der Waals surface area contributed by atoms with E-state index in [1.807, 2.05) is 0 Å². The first kappa shape index (κ1) is 12.4. The Bertz CT molecular complexity index is 236. The van der Waals surface area contributed by atoms with E-state index in [0.29, 0.717) is 19.5 Å². The first-order chi connectivity index (χ1) is 6.79. The van der Waals surface area contributed by atoms with Gasteiger partial charge in [0.15, 0.2) is 0 Å². The molecule has 1 aliphatic rings. The summed E-state index contributed by atoms with van der Waals surface area (Å²) in [6, 6.07) is -0.609. The number of aliphatic hydroxyl groups excluding tert-OH is 1. The highest BCUT2D eigenvalue weighted by Crippen LogP contribution is 2.20. The fourth-order valence-corrected chi connectivity index (χ4v) is 1.80. The zero-order valence-corrected chi connectivity index (χ0v) is 9.18. The summed E-state index contributed by atoms with van der Waals surface area (Å²) in [6.45, 7) is 4.26.